The molecule has 0 unspecified atom stereocenters. The smallest absolute Gasteiger partial charge is 0.262 e. The number of nitrogens with one attached hydrogen (secondary N) is 2. The lowest BCUT2D eigenvalue weighted by molar-refractivity contribution is 0.600. The number of sulfonamides is 1. The summed E-state index contributed by atoms with van der Waals surface area (Å²) in [6, 6.07) is 11.0. The molecule has 0 saturated heterocycles. The van der Waals surface area contributed by atoms with Gasteiger partial charge in [-0.2, -0.15) is 0 Å². The molecule has 27 heavy (non-hydrogen) atoms. The van der Waals surface area contributed by atoms with Gasteiger partial charge in [0.1, 0.15) is 5.82 Å². The van der Waals surface area contributed by atoms with Crippen molar-refractivity contribution >= 4 is 21.5 Å². The van der Waals surface area contributed by atoms with Crippen LogP contribution in [-0.2, 0) is 16.6 Å². The molecule has 0 aliphatic carbocycles. The van der Waals surface area contributed by atoms with E-state index >= 15 is 0 Å². The Morgan fingerprint density at radius 3 is 2.22 bits per heavy atom. The van der Waals surface area contributed by atoms with Crippen LogP contribution in [0.15, 0.2) is 59.9 Å². The van der Waals surface area contributed by atoms with Crippen molar-refractivity contribution in [3.05, 3.63) is 77.2 Å². The van der Waals surface area contributed by atoms with Crippen molar-refractivity contribution in [3.63, 3.8) is 0 Å². The molecule has 0 spiro atoms. The number of hydrogen-bond donors (Lipinski definition) is 2. The second-order valence-electron chi connectivity index (χ2n) is 6.47. The number of nitrogens with zero attached hydrogens (tertiary/aromatic N) is 2. The molecule has 0 atom stereocenters. The molecule has 0 saturated carbocycles. The van der Waals surface area contributed by atoms with Crippen molar-refractivity contribution in [3.8, 4) is 0 Å². The minimum Gasteiger partial charge on any atom is -0.366 e. The van der Waals surface area contributed by atoms with Gasteiger partial charge in [0.15, 0.2) is 0 Å². The molecule has 0 bridgehead atoms. The normalized spacial score (nSPS) is 11.2. The summed E-state index contributed by atoms with van der Waals surface area (Å²) < 4.78 is 28.2. The van der Waals surface area contributed by atoms with Crippen LogP contribution in [-0.4, -0.2) is 18.4 Å². The number of aryl methyl sites for hydroxylation is 3. The summed E-state index contributed by atoms with van der Waals surface area (Å²) in [5.74, 6) is 0.664. The van der Waals surface area contributed by atoms with Crippen LogP contribution < -0.4 is 10.0 Å². The summed E-state index contributed by atoms with van der Waals surface area (Å²) in [5, 5.41) is 3.19. The summed E-state index contributed by atoms with van der Waals surface area (Å²) in [5.41, 5.74) is 3.99. The Kier molecular flexibility index (Phi) is 5.41. The Hall–Kier alpha value is -2.93. The fourth-order valence-corrected chi connectivity index (χ4v) is 4.55. The third-order valence-corrected chi connectivity index (χ3v) is 5.80. The van der Waals surface area contributed by atoms with Gasteiger partial charge in [-0.05, 0) is 61.7 Å². The largest absolute Gasteiger partial charge is 0.366 e. The van der Waals surface area contributed by atoms with E-state index in [0.717, 1.165) is 22.3 Å². The molecule has 3 aromatic rings. The highest BCUT2D eigenvalue weighted by Gasteiger charge is 2.20. The molecule has 7 heteroatoms. The Morgan fingerprint density at radius 2 is 1.63 bits per heavy atom. The van der Waals surface area contributed by atoms with Crippen LogP contribution in [0.1, 0.15) is 22.3 Å². The lowest BCUT2D eigenvalue weighted by Gasteiger charge is -2.14. The van der Waals surface area contributed by atoms with Crippen molar-refractivity contribution in [2.45, 2.75) is 32.2 Å². The fraction of sp³-hybridized carbons (Fsp3) is 0.200. The van der Waals surface area contributed by atoms with Crippen LogP contribution in [0.3, 0.4) is 0 Å². The minimum atomic E-state index is -3.68. The van der Waals surface area contributed by atoms with E-state index in [1.807, 2.05) is 31.2 Å². The monoisotopic (exact) mass is 382 g/mol. The van der Waals surface area contributed by atoms with E-state index in [1.54, 1.807) is 38.4 Å². The molecule has 140 valence electrons. The first kappa shape index (κ1) is 18.8. The van der Waals surface area contributed by atoms with E-state index in [9.17, 15) is 8.42 Å². The van der Waals surface area contributed by atoms with Crippen LogP contribution >= 0.6 is 0 Å². The van der Waals surface area contributed by atoms with Crippen LogP contribution in [0.5, 0.6) is 0 Å². The molecule has 0 aliphatic heterocycles. The van der Waals surface area contributed by atoms with Gasteiger partial charge in [0.2, 0.25) is 0 Å². The van der Waals surface area contributed by atoms with Crippen molar-refractivity contribution in [2.24, 2.45) is 0 Å². The van der Waals surface area contributed by atoms with Gasteiger partial charge in [0.05, 0.1) is 16.8 Å². The number of aromatic nitrogens is 2. The number of benzene rings is 1. The van der Waals surface area contributed by atoms with Crippen LogP contribution in [0, 0.1) is 20.8 Å². The third kappa shape index (κ3) is 4.62. The first-order valence-corrected chi connectivity index (χ1v) is 10.0. The summed E-state index contributed by atoms with van der Waals surface area (Å²) in [7, 11) is -3.68. The Morgan fingerprint density at radius 1 is 0.963 bits per heavy atom. The highest BCUT2D eigenvalue weighted by molar-refractivity contribution is 7.92. The zero-order valence-corrected chi connectivity index (χ0v) is 16.3. The summed E-state index contributed by atoms with van der Waals surface area (Å²) >= 11 is 0. The van der Waals surface area contributed by atoms with Crippen molar-refractivity contribution < 1.29 is 8.42 Å². The second-order valence-corrected chi connectivity index (χ2v) is 8.09. The third-order valence-electron chi connectivity index (χ3n) is 4.11. The number of anilines is 2. The minimum absolute atomic E-state index is 0.313. The quantitative estimate of drug-likeness (QED) is 0.677. The highest BCUT2D eigenvalue weighted by Crippen LogP contribution is 2.24. The molecule has 2 N–H and O–H groups in total. The van der Waals surface area contributed by atoms with Crippen LogP contribution in [0.25, 0.3) is 0 Å². The Labute approximate surface area is 159 Å². The molecular weight excluding hydrogens is 360 g/mol. The van der Waals surface area contributed by atoms with Gasteiger partial charge in [-0.1, -0.05) is 17.7 Å². The maximum Gasteiger partial charge on any atom is 0.262 e. The van der Waals surface area contributed by atoms with Gasteiger partial charge in [-0.25, -0.2) is 13.4 Å². The average Bonchev–Trinajstić information content (AvgIpc) is 2.60. The molecule has 0 amide bonds. The lowest BCUT2D eigenvalue weighted by atomic mass is 10.1. The first-order valence-electron chi connectivity index (χ1n) is 8.54. The maximum absolute atomic E-state index is 12.8. The Balaban J connectivity index is 1.72. The predicted octanol–water partition coefficient (Wildman–Crippen LogP) is 3.81. The SMILES string of the molecule is Cc1cc(C)c(S(=O)(=O)Nc2ccc(NCc3ccncc3)nc2)c(C)c1. The molecule has 0 aliphatic rings. The van der Waals surface area contributed by atoms with Gasteiger partial charge in [0.25, 0.3) is 10.0 Å². The topological polar surface area (TPSA) is 84.0 Å². The molecule has 1 aromatic carbocycles. The first-order chi connectivity index (χ1) is 12.8. The van der Waals surface area contributed by atoms with Gasteiger partial charge in [-0.15, -0.1) is 0 Å². The van der Waals surface area contributed by atoms with E-state index in [1.165, 1.54) is 6.20 Å². The summed E-state index contributed by atoms with van der Waals surface area (Å²) in [4.78, 5) is 8.57. The Bertz CT molecular complexity index is 1010. The molecule has 2 heterocycles. The van der Waals surface area contributed by atoms with Crippen molar-refractivity contribution in [1.82, 2.24) is 9.97 Å². The second kappa shape index (κ2) is 7.75. The van der Waals surface area contributed by atoms with E-state index < -0.39 is 10.0 Å². The lowest BCUT2D eigenvalue weighted by Crippen LogP contribution is -2.16. The van der Waals surface area contributed by atoms with Crippen molar-refractivity contribution in [2.75, 3.05) is 10.0 Å². The number of pyridine rings is 2. The zero-order valence-electron chi connectivity index (χ0n) is 15.5. The van der Waals surface area contributed by atoms with Gasteiger partial charge >= 0.3 is 0 Å². The van der Waals surface area contributed by atoms with E-state index in [0.29, 0.717) is 22.9 Å². The molecule has 3 rings (SSSR count). The van der Waals surface area contributed by atoms with Crippen LogP contribution in [0.4, 0.5) is 11.5 Å². The summed E-state index contributed by atoms with van der Waals surface area (Å²) in [6.45, 7) is 6.17. The van der Waals surface area contributed by atoms with Crippen LogP contribution in [0.2, 0.25) is 0 Å². The van der Waals surface area contributed by atoms with E-state index in [-0.39, 0.29) is 0 Å². The van der Waals surface area contributed by atoms with Gasteiger partial charge in [-0.3, -0.25) is 9.71 Å². The fourth-order valence-electron chi connectivity index (χ4n) is 3.05. The molecule has 2 aromatic heterocycles. The van der Waals surface area contributed by atoms with E-state index in [2.05, 4.69) is 20.0 Å². The predicted molar refractivity (Wildman–Crippen MR) is 107 cm³/mol. The highest BCUT2D eigenvalue weighted by atomic mass is 32.2. The van der Waals surface area contributed by atoms with Crippen molar-refractivity contribution in [1.29, 1.82) is 0 Å². The molecule has 6 nitrogen and oxygen atoms in total. The van der Waals surface area contributed by atoms with Gasteiger partial charge < -0.3 is 5.32 Å². The average molecular weight is 382 g/mol. The number of hydrogen-bond acceptors (Lipinski definition) is 5. The van der Waals surface area contributed by atoms with Gasteiger partial charge in [0, 0.05) is 18.9 Å². The summed E-state index contributed by atoms with van der Waals surface area (Å²) in [6.07, 6.45) is 4.97. The molecule has 0 fully saturated rings. The van der Waals surface area contributed by atoms with E-state index in [4.69, 9.17) is 0 Å². The molecule has 0 radical (unpaired) electrons. The maximum atomic E-state index is 12.8. The zero-order chi connectivity index (χ0) is 19.4. The molecular formula is C20H22N4O2S. The number of rotatable bonds is 6. The standard InChI is InChI=1S/C20H22N4O2S/c1-14-10-15(2)20(16(3)11-14)27(25,26)24-18-4-5-19(23-13-18)22-12-17-6-8-21-9-7-17/h4-11,13,24H,12H2,1-3H3,(H,22,23).